The molecule has 1 aromatic carbocycles. The Bertz CT molecular complexity index is 2520. The molecule has 4 heterocycles. The van der Waals surface area contributed by atoms with E-state index in [4.69, 9.17) is 29.5 Å². The molecule has 0 radical (unpaired) electrons. The Hall–Kier alpha value is -5.96. The monoisotopic (exact) mass is 1010 g/mol. The first-order chi connectivity index (χ1) is 31.7. The number of esters is 1. The summed E-state index contributed by atoms with van der Waals surface area (Å²) in [7, 11) is -5.35. The number of oxime groups is 1. The predicted molar refractivity (Wildman–Crippen MR) is 244 cm³/mol. The van der Waals surface area contributed by atoms with Crippen molar-refractivity contribution in [3.8, 4) is 16.9 Å². The summed E-state index contributed by atoms with van der Waals surface area (Å²) in [6.45, 7) is 17.8. The fraction of sp³-hybridized carbons (Fsp3) is 0.581. The first-order valence-electron chi connectivity index (χ1n) is 21.7. The van der Waals surface area contributed by atoms with Crippen LogP contribution < -0.4 is 25.8 Å². The molecular formula is C43H60FN9O14S2. The second-order valence-electron chi connectivity index (χ2n) is 19.8. The molecule has 0 saturated carbocycles. The number of nitrogens with zero attached hydrogens (tertiary/aromatic N) is 6. The van der Waals surface area contributed by atoms with Gasteiger partial charge in [-0.25, -0.2) is 32.2 Å². The average Bonchev–Trinajstić information content (AvgIpc) is 3.82. The van der Waals surface area contributed by atoms with E-state index >= 15 is 4.39 Å². The number of halogens is 1. The standard InChI is InChI=1S/C43H60FN9O14S2/c1-39(2,3)63-35(56)30(21-62-28-15-13-26(14-16-28)27-19-51(18-12-17-45)52(20-27)25-43(44)23-50(24-43)38(58)65-41(7,8)9)66-49-31(29-22-68-36(46-29)48-37(57)64-40(4,5)6)33(54)47-32-34(55)53(42(32,10)11)67-69(59,60)61/h13-16,19-20,22,30,32H,12,17-18,21,23-25,45H2,1-11H3,(H2-,46,47,48,54,57,59,60,61)/b49-31-/t30-,32+/m0/s1. The summed E-state index contributed by atoms with van der Waals surface area (Å²) in [5.74, 6) is -2.84. The van der Waals surface area contributed by atoms with E-state index in [0.717, 1.165) is 22.5 Å². The number of aromatic nitrogens is 3. The Morgan fingerprint density at radius 1 is 1.00 bits per heavy atom. The van der Waals surface area contributed by atoms with Crippen molar-refractivity contribution >= 4 is 62.5 Å². The van der Waals surface area contributed by atoms with E-state index < -0.39 is 92.8 Å². The Labute approximate surface area is 403 Å². The third kappa shape index (κ3) is 15.0. The molecule has 5 rings (SSSR count). The molecular weight excluding hydrogens is 950 g/mol. The van der Waals surface area contributed by atoms with Gasteiger partial charge in [0, 0.05) is 5.38 Å². The highest BCUT2D eigenvalue weighted by Gasteiger charge is 2.58. The number of β-lactam (4-membered cyclic amide) rings is 1. The normalized spacial score (nSPS) is 17.5. The van der Waals surface area contributed by atoms with Gasteiger partial charge in [-0.1, -0.05) is 17.3 Å². The van der Waals surface area contributed by atoms with E-state index in [-0.39, 0.29) is 36.2 Å². The lowest BCUT2D eigenvalue weighted by molar-refractivity contribution is -0.785. The van der Waals surface area contributed by atoms with E-state index in [0.29, 0.717) is 24.6 Å². The number of anilines is 1. The van der Waals surface area contributed by atoms with Gasteiger partial charge >= 0.3 is 18.2 Å². The smallest absolute Gasteiger partial charge is 0.413 e. The van der Waals surface area contributed by atoms with Gasteiger partial charge in [-0.05, 0) is 107 Å². The summed E-state index contributed by atoms with van der Waals surface area (Å²) in [4.78, 5) is 76.6. The molecule has 380 valence electrons. The summed E-state index contributed by atoms with van der Waals surface area (Å²) >= 11 is 0.870. The Balaban J connectivity index is 1.36. The molecule has 0 unspecified atom stereocenters. The lowest BCUT2D eigenvalue weighted by Gasteiger charge is -2.51. The maximum absolute atomic E-state index is 15.9. The molecule has 2 fully saturated rings. The van der Waals surface area contributed by atoms with E-state index in [1.54, 1.807) is 97.5 Å². The lowest BCUT2D eigenvalue weighted by Crippen LogP contribution is -2.76. The van der Waals surface area contributed by atoms with Gasteiger partial charge in [0.1, 0.15) is 40.9 Å². The van der Waals surface area contributed by atoms with Gasteiger partial charge in [-0.3, -0.25) is 14.9 Å². The Morgan fingerprint density at radius 3 is 2.19 bits per heavy atom. The molecule has 2 aromatic heterocycles. The van der Waals surface area contributed by atoms with E-state index in [2.05, 4.69) is 25.1 Å². The minimum absolute atomic E-state index is 0.0260. The number of carbonyl (C=O) groups excluding carboxylic acids is 5. The van der Waals surface area contributed by atoms with Crippen LogP contribution in [0.1, 0.15) is 88.3 Å². The maximum atomic E-state index is 15.9. The number of hydrogen-bond acceptors (Lipinski definition) is 18. The number of ether oxygens (including phenoxy) is 4. The van der Waals surface area contributed by atoms with Crippen LogP contribution in [0.5, 0.6) is 5.75 Å². The van der Waals surface area contributed by atoms with E-state index in [1.165, 1.54) is 24.1 Å². The van der Waals surface area contributed by atoms with Gasteiger partial charge in [0.2, 0.25) is 28.8 Å². The van der Waals surface area contributed by atoms with Crippen LogP contribution in [0.15, 0.2) is 47.2 Å². The van der Waals surface area contributed by atoms with Crippen LogP contribution in [-0.4, -0.2) is 135 Å². The molecule has 2 saturated heterocycles. The zero-order valence-electron chi connectivity index (χ0n) is 40.3. The molecule has 2 aliphatic heterocycles. The number of alkyl halides is 1. The number of aryl methyl sites for hydroxylation is 1. The molecule has 2 aliphatic rings. The number of rotatable bonds is 18. The molecule has 26 heteroatoms. The summed E-state index contributed by atoms with van der Waals surface area (Å²) in [6, 6.07) is 5.31. The molecule has 3 aromatic rings. The van der Waals surface area contributed by atoms with Crippen LogP contribution >= 0.6 is 11.3 Å². The highest BCUT2D eigenvalue weighted by atomic mass is 32.3. The summed E-state index contributed by atoms with van der Waals surface area (Å²) in [6.07, 6.45) is 1.22. The number of nitrogens with two attached hydrogens (primary N) is 1. The summed E-state index contributed by atoms with van der Waals surface area (Å²) in [5, 5.41) is 10.4. The van der Waals surface area contributed by atoms with Crippen molar-refractivity contribution in [1.29, 1.82) is 0 Å². The second-order valence-corrected chi connectivity index (χ2v) is 21.7. The van der Waals surface area contributed by atoms with Crippen LogP contribution in [0.25, 0.3) is 11.1 Å². The van der Waals surface area contributed by atoms with Crippen molar-refractivity contribution in [2.45, 2.75) is 136 Å². The van der Waals surface area contributed by atoms with E-state index in [1.807, 2.05) is 10.9 Å². The first-order valence-corrected chi connectivity index (χ1v) is 23.9. The topological polar surface area (TPSA) is 289 Å². The third-order valence-electron chi connectivity index (χ3n) is 9.76. The lowest BCUT2D eigenvalue weighted by atomic mass is 9.84. The highest BCUT2D eigenvalue weighted by molar-refractivity contribution is 7.80. The fourth-order valence-corrected chi connectivity index (χ4v) is 7.84. The number of benzene rings is 1. The minimum atomic E-state index is -5.35. The summed E-state index contributed by atoms with van der Waals surface area (Å²) < 4.78 is 79.8. The third-order valence-corrected chi connectivity index (χ3v) is 10.9. The number of carbonyl (C=O) groups is 5. The van der Waals surface area contributed by atoms with Crippen LogP contribution in [0.4, 0.5) is 19.1 Å². The van der Waals surface area contributed by atoms with Crippen LogP contribution in [-0.2, 0) is 61.2 Å². The number of hydroxylamine groups is 2. The quantitative estimate of drug-likeness (QED) is 0.0240. The van der Waals surface area contributed by atoms with Crippen molar-refractivity contribution < 1.29 is 74.1 Å². The van der Waals surface area contributed by atoms with Crippen molar-refractivity contribution in [3.05, 3.63) is 47.7 Å². The van der Waals surface area contributed by atoms with Crippen molar-refractivity contribution in [2.24, 2.45) is 10.9 Å². The predicted octanol–water partition coefficient (Wildman–Crippen LogP) is 3.56. The molecule has 4 N–H and O–H groups in total. The number of amides is 4. The minimum Gasteiger partial charge on any atom is -0.724 e. The van der Waals surface area contributed by atoms with Gasteiger partial charge in [0.25, 0.3) is 17.9 Å². The summed E-state index contributed by atoms with van der Waals surface area (Å²) in [5.41, 5.74) is 0.654. The number of hydrogen-bond donors (Lipinski definition) is 3. The molecule has 4 amide bonds. The van der Waals surface area contributed by atoms with Crippen molar-refractivity contribution in [2.75, 3.05) is 31.6 Å². The van der Waals surface area contributed by atoms with E-state index in [9.17, 15) is 36.9 Å². The molecule has 2 atom stereocenters. The largest absolute Gasteiger partial charge is 0.724 e. The van der Waals surface area contributed by atoms with Crippen molar-refractivity contribution in [1.82, 2.24) is 24.9 Å². The van der Waals surface area contributed by atoms with Gasteiger partial charge in [0.15, 0.2) is 10.8 Å². The van der Waals surface area contributed by atoms with Gasteiger partial charge in [-0.2, -0.15) is 14.0 Å². The first kappa shape index (κ1) is 54.0. The SMILES string of the molecule is CC(C)(C)OC(=O)Nc1nc(/C(=N/O[C@@H](COc2ccc(-c3cn(CCCN)[n+](CC4(F)CN(C(=O)OC(C)(C)C)C4)c3)cc2)C(=O)OC(C)(C)C)C(=O)N[C@@H]2C(=O)N(OS(=O)(=O)[O-])C2(C)C)cs1. The van der Waals surface area contributed by atoms with Crippen LogP contribution in [0.3, 0.4) is 0 Å². The molecule has 23 nitrogen and oxygen atoms in total. The fourth-order valence-electron chi connectivity index (χ4n) is 6.71. The average molecular weight is 1010 g/mol. The van der Waals surface area contributed by atoms with Crippen LogP contribution in [0, 0.1) is 0 Å². The zero-order chi connectivity index (χ0) is 51.5. The second kappa shape index (κ2) is 20.6. The molecule has 0 bridgehead atoms. The van der Waals surface area contributed by atoms with Crippen LogP contribution in [0.2, 0.25) is 0 Å². The zero-order valence-corrected chi connectivity index (χ0v) is 41.9. The molecule has 0 aliphatic carbocycles. The van der Waals surface area contributed by atoms with Gasteiger partial charge in [0.05, 0.1) is 36.9 Å². The Kier molecular flexibility index (Phi) is 16.1. The Morgan fingerprint density at radius 2 is 1.62 bits per heavy atom. The molecule has 69 heavy (non-hydrogen) atoms. The number of thiazole rings is 1. The maximum Gasteiger partial charge on any atom is 0.413 e. The van der Waals surface area contributed by atoms with Gasteiger partial charge in [-0.15, -0.1) is 16.0 Å². The van der Waals surface area contributed by atoms with Crippen molar-refractivity contribution in [3.63, 3.8) is 0 Å². The van der Waals surface area contributed by atoms with Gasteiger partial charge < -0.3 is 44.3 Å². The molecule has 0 spiro atoms. The number of nitrogens with one attached hydrogen (secondary N) is 2. The highest BCUT2D eigenvalue weighted by Crippen LogP contribution is 2.33. The number of likely N-dealkylation sites (tertiary alicyclic amines) is 1.